The van der Waals surface area contributed by atoms with E-state index in [1.165, 1.54) is 38.2 Å². The molecule has 3 heteroatoms. The second-order valence-corrected chi connectivity index (χ2v) is 17.0. The van der Waals surface area contributed by atoms with Gasteiger partial charge in [0.25, 0.3) is 0 Å². The predicted molar refractivity (Wildman–Crippen MR) is 272 cm³/mol. The van der Waals surface area contributed by atoms with E-state index in [9.17, 15) is 0 Å². The molecule has 0 aliphatic heterocycles. The molecule has 308 valence electrons. The van der Waals surface area contributed by atoms with Crippen molar-refractivity contribution in [2.24, 2.45) is 4.99 Å². The summed E-state index contributed by atoms with van der Waals surface area (Å²) >= 11 is 0. The van der Waals surface area contributed by atoms with Crippen molar-refractivity contribution in [1.82, 2.24) is 0 Å². The Kier molecular flexibility index (Phi) is 10.3. The molecule has 0 unspecified atom stereocenters. The molecule has 0 saturated carbocycles. The highest BCUT2D eigenvalue weighted by molar-refractivity contribution is 6.14. The van der Waals surface area contributed by atoms with Gasteiger partial charge >= 0.3 is 0 Å². The van der Waals surface area contributed by atoms with Crippen molar-refractivity contribution in [1.29, 1.82) is 0 Å². The van der Waals surface area contributed by atoms with Crippen molar-refractivity contribution in [2.45, 2.75) is 39.5 Å². The van der Waals surface area contributed by atoms with E-state index >= 15 is 0 Å². The van der Waals surface area contributed by atoms with E-state index in [1.807, 2.05) is 12.1 Å². The average molecular weight is 826 g/mol. The van der Waals surface area contributed by atoms with Gasteiger partial charge in [-0.3, -0.25) is 4.99 Å². The van der Waals surface area contributed by atoms with E-state index in [1.54, 1.807) is 0 Å². The third-order valence-corrected chi connectivity index (χ3v) is 12.6. The highest BCUT2D eigenvalue weighted by Gasteiger charge is 2.16. The van der Waals surface area contributed by atoms with E-state index in [4.69, 9.17) is 13.8 Å². The summed E-state index contributed by atoms with van der Waals surface area (Å²) in [5.41, 5.74) is 15.1. The Hall–Kier alpha value is -7.75. The number of nitrogens with zero attached hydrogens (tertiary/aromatic N) is 1. The van der Waals surface area contributed by atoms with Crippen LogP contribution in [0.1, 0.15) is 56.2 Å². The first kappa shape index (κ1) is 39.1. The molecule has 11 aromatic rings. The molecule has 0 atom stereocenters. The summed E-state index contributed by atoms with van der Waals surface area (Å²) in [6.07, 6.45) is 8.28. The molecule has 3 nitrogen and oxygen atoms in total. The van der Waals surface area contributed by atoms with Crippen LogP contribution >= 0.6 is 0 Å². The van der Waals surface area contributed by atoms with E-state index in [2.05, 4.69) is 202 Å². The van der Waals surface area contributed by atoms with Crippen molar-refractivity contribution >= 4 is 82.9 Å². The third kappa shape index (κ3) is 7.60. The number of hydrogen-bond donors (Lipinski definition) is 0. The molecule has 0 fully saturated rings. The van der Waals surface area contributed by atoms with Crippen LogP contribution in [0.25, 0.3) is 99.4 Å². The van der Waals surface area contributed by atoms with Crippen LogP contribution in [0, 0.1) is 0 Å². The van der Waals surface area contributed by atoms with Gasteiger partial charge in [0, 0.05) is 32.8 Å². The van der Waals surface area contributed by atoms with Gasteiger partial charge in [-0.2, -0.15) is 0 Å². The molecule has 9 aromatic carbocycles. The van der Waals surface area contributed by atoms with E-state index in [0.29, 0.717) is 0 Å². The van der Waals surface area contributed by atoms with Crippen LogP contribution in [0.3, 0.4) is 0 Å². The lowest BCUT2D eigenvalue weighted by atomic mass is 9.94. The smallest absolute Gasteiger partial charge is 0.136 e. The minimum absolute atomic E-state index is 0.817. The lowest BCUT2D eigenvalue weighted by Gasteiger charge is -2.12. The molecule has 0 aliphatic carbocycles. The van der Waals surface area contributed by atoms with Crippen LogP contribution in [0.15, 0.2) is 214 Å². The van der Waals surface area contributed by atoms with Gasteiger partial charge in [-0.25, -0.2) is 0 Å². The van der Waals surface area contributed by atoms with Crippen LogP contribution in [0.4, 0.5) is 0 Å². The molecule has 0 amide bonds. The summed E-state index contributed by atoms with van der Waals surface area (Å²) in [6, 6.07) is 67.2. The molecule has 0 radical (unpaired) electrons. The molecular weight excluding hydrogens is 779 g/mol. The van der Waals surface area contributed by atoms with Crippen LogP contribution in [0.5, 0.6) is 0 Å². The second kappa shape index (κ2) is 16.8. The van der Waals surface area contributed by atoms with Crippen LogP contribution in [-0.4, -0.2) is 5.71 Å². The summed E-state index contributed by atoms with van der Waals surface area (Å²) in [5, 5.41) is 9.42. The molecule has 11 rings (SSSR count). The van der Waals surface area contributed by atoms with Crippen molar-refractivity contribution in [2.75, 3.05) is 0 Å². The summed E-state index contributed by atoms with van der Waals surface area (Å²) in [6.45, 7) is 4.44. The standard InChI is InChI=1S/C61H47NO2/c1-3-4-19-55(62-56(43-14-6-5-7-15-43)32-22-40(2)34-41-23-31-53-52-17-10-11-20-57(52)64-60(53)35-41)50-29-27-46-37-49(28-26-47(46)38-50)51-18-12-21-59-61(51)54-39-48(30-33-58(54)63-59)45-25-24-42-13-8-9-16-44(42)36-45/h5-21,23-31,33-39H,3-4,22,32H2,1-2H3/b40-34-,55-19-,62-56?. The summed E-state index contributed by atoms with van der Waals surface area (Å²) in [5.74, 6) is 0. The molecule has 0 saturated heterocycles. The molecule has 0 spiro atoms. The fraction of sp³-hybridized carbons (Fsp3) is 0.0984. The maximum atomic E-state index is 6.46. The van der Waals surface area contributed by atoms with Gasteiger partial charge in [0.05, 0.1) is 5.70 Å². The van der Waals surface area contributed by atoms with Gasteiger partial charge in [-0.05, 0) is 136 Å². The first-order chi connectivity index (χ1) is 31.5. The third-order valence-electron chi connectivity index (χ3n) is 12.6. The largest absolute Gasteiger partial charge is 0.456 e. The molecule has 0 bridgehead atoms. The van der Waals surface area contributed by atoms with E-state index in [-0.39, 0.29) is 0 Å². The molecule has 2 heterocycles. The van der Waals surface area contributed by atoms with Crippen molar-refractivity contribution in [3.8, 4) is 22.3 Å². The number of rotatable bonds is 11. The highest BCUT2D eigenvalue weighted by atomic mass is 16.3. The molecular formula is C61H47NO2. The molecule has 0 N–H and O–H groups in total. The topological polar surface area (TPSA) is 38.6 Å². The summed E-state index contributed by atoms with van der Waals surface area (Å²) in [7, 11) is 0. The normalized spacial score (nSPS) is 12.8. The summed E-state index contributed by atoms with van der Waals surface area (Å²) in [4.78, 5) is 5.50. The van der Waals surface area contributed by atoms with Gasteiger partial charge in [0.2, 0.25) is 0 Å². The number of fused-ring (bicyclic) bond motifs is 8. The van der Waals surface area contributed by atoms with Gasteiger partial charge < -0.3 is 8.83 Å². The Balaban J connectivity index is 0.904. The second-order valence-electron chi connectivity index (χ2n) is 17.0. The number of hydrogen-bond acceptors (Lipinski definition) is 3. The number of allylic oxidation sites excluding steroid dienone is 2. The van der Waals surface area contributed by atoms with Crippen LogP contribution in [0.2, 0.25) is 0 Å². The predicted octanol–water partition coefficient (Wildman–Crippen LogP) is 17.6. The monoisotopic (exact) mass is 825 g/mol. The Morgan fingerprint density at radius 1 is 0.484 bits per heavy atom. The molecule has 64 heavy (non-hydrogen) atoms. The van der Waals surface area contributed by atoms with Gasteiger partial charge in [-0.1, -0.05) is 165 Å². The highest BCUT2D eigenvalue weighted by Crippen LogP contribution is 2.40. The number of aliphatic imine (C=N–C) groups is 1. The Bertz CT molecular complexity index is 3630. The maximum Gasteiger partial charge on any atom is 0.136 e. The SMILES string of the molecule is CCC/C=C(\N=C(CC/C(C)=C\c1ccc2c(c1)oc1ccccc12)c1ccccc1)c1ccc2cc(-c3cccc4oc5ccc(-c6ccc7ccccc7c6)cc5c34)ccc2c1. The number of para-hydroxylation sites is 1. The zero-order valence-corrected chi connectivity index (χ0v) is 36.1. The summed E-state index contributed by atoms with van der Waals surface area (Å²) < 4.78 is 12.7. The zero-order chi connectivity index (χ0) is 43.0. The fourth-order valence-corrected chi connectivity index (χ4v) is 9.24. The number of furan rings is 2. The van der Waals surface area contributed by atoms with Gasteiger partial charge in [0.15, 0.2) is 0 Å². The van der Waals surface area contributed by atoms with Gasteiger partial charge in [-0.15, -0.1) is 0 Å². The lowest BCUT2D eigenvalue weighted by molar-refractivity contribution is 0.668. The van der Waals surface area contributed by atoms with Gasteiger partial charge in [0.1, 0.15) is 22.3 Å². The van der Waals surface area contributed by atoms with E-state index in [0.717, 1.165) is 109 Å². The quantitative estimate of drug-likeness (QED) is 0.122. The first-order valence-corrected chi connectivity index (χ1v) is 22.5. The van der Waals surface area contributed by atoms with Crippen molar-refractivity contribution < 1.29 is 8.83 Å². The number of benzene rings is 9. The average Bonchev–Trinajstić information content (AvgIpc) is 3.91. The number of unbranched alkanes of at least 4 members (excludes halogenated alkanes) is 1. The Labute approximate surface area is 373 Å². The minimum Gasteiger partial charge on any atom is -0.456 e. The van der Waals surface area contributed by atoms with Crippen LogP contribution in [-0.2, 0) is 0 Å². The fourth-order valence-electron chi connectivity index (χ4n) is 9.24. The van der Waals surface area contributed by atoms with E-state index < -0.39 is 0 Å². The van der Waals surface area contributed by atoms with Crippen molar-refractivity contribution in [3.05, 3.63) is 216 Å². The zero-order valence-electron chi connectivity index (χ0n) is 36.1. The lowest BCUT2D eigenvalue weighted by Crippen LogP contribution is -2.02. The molecule has 0 aliphatic rings. The van der Waals surface area contributed by atoms with Crippen molar-refractivity contribution in [3.63, 3.8) is 0 Å². The first-order valence-electron chi connectivity index (χ1n) is 22.5. The minimum atomic E-state index is 0.817. The maximum absolute atomic E-state index is 6.46. The Morgan fingerprint density at radius 2 is 1.16 bits per heavy atom. The van der Waals surface area contributed by atoms with Crippen LogP contribution < -0.4 is 0 Å². The molecule has 2 aromatic heterocycles. The Morgan fingerprint density at radius 3 is 2.06 bits per heavy atom.